The number of para-hydroxylation sites is 2. The second-order valence-electron chi connectivity index (χ2n) is 14.0. The zero-order chi connectivity index (χ0) is 36.7. The van der Waals surface area contributed by atoms with E-state index in [1.165, 1.54) is 61.4 Å². The van der Waals surface area contributed by atoms with E-state index in [2.05, 4.69) is 198 Å². The molecule has 0 unspecified atom stereocenters. The van der Waals surface area contributed by atoms with Crippen molar-refractivity contribution in [2.24, 2.45) is 0 Å². The number of hydrogen-bond donors (Lipinski definition) is 0. The lowest BCUT2D eigenvalue weighted by Gasteiger charge is -2.26. The Bertz CT molecular complexity index is 2890. The first-order chi connectivity index (χ1) is 27.2. The number of anilines is 3. The third kappa shape index (κ3) is 6.02. The maximum atomic E-state index is 13.7. The molecule has 0 aliphatic carbocycles. The van der Waals surface area contributed by atoms with Crippen molar-refractivity contribution in [2.45, 2.75) is 0 Å². The number of rotatable bonds is 7. The number of nitrogens with zero attached hydrogens (tertiary/aromatic N) is 2. The zero-order valence-electron chi connectivity index (χ0n) is 30.0. The van der Waals surface area contributed by atoms with E-state index < -0.39 is 0 Å². The topological polar surface area (TPSA) is 8.17 Å². The predicted octanol–water partition coefficient (Wildman–Crippen LogP) is 14.5. The molecule has 0 bridgehead atoms. The number of hydrogen-bond acceptors (Lipinski definition) is 1. The monoisotopic (exact) mass is 706 g/mol. The van der Waals surface area contributed by atoms with E-state index in [4.69, 9.17) is 0 Å². The largest absolute Gasteiger partial charge is 0.311 e. The lowest BCUT2D eigenvalue weighted by Crippen LogP contribution is -2.10. The summed E-state index contributed by atoms with van der Waals surface area (Å²) >= 11 is 0. The molecule has 260 valence electrons. The van der Waals surface area contributed by atoms with E-state index in [0.29, 0.717) is 0 Å². The molecule has 0 atom stereocenters. The SMILES string of the molecule is Fc1ccc(-c2ccc(N(c3ccc(-c4ccc5cc(-c6ccccc6)ccc5c4)cc3)c3ccc(-n4c5ccccc5c5ccccc54)cc3)cc2)cc1. The van der Waals surface area contributed by atoms with Crippen LogP contribution in [0.4, 0.5) is 21.5 Å². The Balaban J connectivity index is 1.02. The lowest BCUT2D eigenvalue weighted by molar-refractivity contribution is 0.628. The van der Waals surface area contributed by atoms with Crippen molar-refractivity contribution in [3.05, 3.63) is 218 Å². The third-order valence-corrected chi connectivity index (χ3v) is 10.7. The van der Waals surface area contributed by atoms with Gasteiger partial charge in [0, 0.05) is 33.5 Å². The van der Waals surface area contributed by atoms with Crippen LogP contribution >= 0.6 is 0 Å². The first kappa shape index (κ1) is 32.4. The van der Waals surface area contributed by atoms with Crippen molar-refractivity contribution in [1.29, 1.82) is 0 Å². The molecule has 1 heterocycles. The molecule has 0 saturated carbocycles. The lowest BCUT2D eigenvalue weighted by atomic mass is 9.97. The normalized spacial score (nSPS) is 11.4. The molecule has 1 aromatic heterocycles. The Morgan fingerprint density at radius 1 is 0.327 bits per heavy atom. The van der Waals surface area contributed by atoms with Gasteiger partial charge in [-0.1, -0.05) is 127 Å². The van der Waals surface area contributed by atoms with Gasteiger partial charge in [0.1, 0.15) is 5.82 Å². The van der Waals surface area contributed by atoms with E-state index in [-0.39, 0.29) is 5.82 Å². The van der Waals surface area contributed by atoms with E-state index in [1.807, 2.05) is 12.1 Å². The first-order valence-electron chi connectivity index (χ1n) is 18.6. The highest BCUT2D eigenvalue weighted by Gasteiger charge is 2.16. The standard InChI is InChI=1S/C52H35FN2/c53-44-24-18-37(19-25-44)38-20-26-45(27-21-38)54(47-30-32-48(33-31-47)55-51-12-6-4-10-49(51)50-11-5-7-13-52(50)55)46-28-22-39(23-29-46)41-15-17-42-34-40(14-16-43(42)35-41)36-8-2-1-3-9-36/h1-35H. The minimum Gasteiger partial charge on any atom is -0.311 e. The van der Waals surface area contributed by atoms with Crippen LogP contribution in [0.1, 0.15) is 0 Å². The Hall–Kier alpha value is -7.23. The molecular weight excluding hydrogens is 672 g/mol. The van der Waals surface area contributed by atoms with Crippen LogP contribution in [-0.2, 0) is 0 Å². The molecule has 55 heavy (non-hydrogen) atoms. The van der Waals surface area contributed by atoms with Crippen LogP contribution in [0, 0.1) is 5.82 Å². The van der Waals surface area contributed by atoms with E-state index >= 15 is 0 Å². The molecule has 0 amide bonds. The van der Waals surface area contributed by atoms with Crippen LogP contribution in [0.15, 0.2) is 212 Å². The maximum Gasteiger partial charge on any atom is 0.123 e. The number of halogens is 1. The molecule has 0 aliphatic rings. The Morgan fingerprint density at radius 3 is 1.22 bits per heavy atom. The first-order valence-corrected chi connectivity index (χ1v) is 18.6. The molecular formula is C52H35FN2. The third-order valence-electron chi connectivity index (χ3n) is 10.7. The van der Waals surface area contributed by atoms with Gasteiger partial charge < -0.3 is 9.47 Å². The van der Waals surface area contributed by atoms with Crippen LogP contribution in [-0.4, -0.2) is 4.57 Å². The van der Waals surface area contributed by atoms with Gasteiger partial charge in [-0.3, -0.25) is 0 Å². The highest BCUT2D eigenvalue weighted by molar-refractivity contribution is 6.09. The molecule has 10 rings (SSSR count). The van der Waals surface area contributed by atoms with Crippen LogP contribution in [0.3, 0.4) is 0 Å². The van der Waals surface area contributed by atoms with Gasteiger partial charge in [0.25, 0.3) is 0 Å². The molecule has 0 aliphatic heterocycles. The van der Waals surface area contributed by atoms with E-state index in [1.54, 1.807) is 0 Å². The molecule has 3 heteroatoms. The minimum atomic E-state index is -0.236. The van der Waals surface area contributed by atoms with Crippen LogP contribution in [0.5, 0.6) is 0 Å². The van der Waals surface area contributed by atoms with Crippen molar-refractivity contribution in [3.63, 3.8) is 0 Å². The summed E-state index contributed by atoms with van der Waals surface area (Å²) < 4.78 is 16.0. The van der Waals surface area contributed by atoms with Gasteiger partial charge in [-0.05, 0) is 129 Å². The van der Waals surface area contributed by atoms with Crippen LogP contribution < -0.4 is 4.90 Å². The summed E-state index contributed by atoms with van der Waals surface area (Å²) in [5, 5.41) is 4.93. The van der Waals surface area contributed by atoms with Gasteiger partial charge in [0.2, 0.25) is 0 Å². The molecule has 0 radical (unpaired) electrons. The summed E-state index contributed by atoms with van der Waals surface area (Å²) in [7, 11) is 0. The average molecular weight is 707 g/mol. The highest BCUT2D eigenvalue weighted by Crippen LogP contribution is 2.39. The Morgan fingerprint density at radius 2 is 0.709 bits per heavy atom. The summed E-state index contributed by atoms with van der Waals surface area (Å²) in [4.78, 5) is 2.29. The maximum absolute atomic E-state index is 13.7. The van der Waals surface area contributed by atoms with Gasteiger partial charge in [0.05, 0.1) is 11.0 Å². The molecule has 9 aromatic carbocycles. The quantitative estimate of drug-likeness (QED) is 0.160. The summed E-state index contributed by atoms with van der Waals surface area (Å²) in [5.74, 6) is -0.236. The molecule has 10 aromatic rings. The number of aromatic nitrogens is 1. The van der Waals surface area contributed by atoms with Crippen molar-refractivity contribution in [2.75, 3.05) is 4.90 Å². The van der Waals surface area contributed by atoms with Gasteiger partial charge in [0.15, 0.2) is 0 Å². The van der Waals surface area contributed by atoms with Crippen molar-refractivity contribution in [3.8, 4) is 39.1 Å². The van der Waals surface area contributed by atoms with Gasteiger partial charge in [-0.15, -0.1) is 0 Å². The second kappa shape index (κ2) is 13.6. The summed E-state index contributed by atoms with van der Waals surface area (Å²) in [6.07, 6.45) is 0. The smallest absolute Gasteiger partial charge is 0.123 e. The number of fused-ring (bicyclic) bond motifs is 4. The Kier molecular flexibility index (Phi) is 8.04. The van der Waals surface area contributed by atoms with Crippen molar-refractivity contribution in [1.82, 2.24) is 4.57 Å². The fourth-order valence-corrected chi connectivity index (χ4v) is 7.88. The molecule has 2 nitrogen and oxygen atoms in total. The molecule has 0 saturated heterocycles. The van der Waals surface area contributed by atoms with Gasteiger partial charge in [-0.2, -0.15) is 0 Å². The summed E-state index contributed by atoms with van der Waals surface area (Å²) in [6, 6.07) is 73.9. The average Bonchev–Trinajstić information content (AvgIpc) is 3.59. The molecule has 0 spiro atoms. The van der Waals surface area contributed by atoms with E-state index in [0.717, 1.165) is 39.4 Å². The summed E-state index contributed by atoms with van der Waals surface area (Å²) in [5.41, 5.74) is 13.4. The summed E-state index contributed by atoms with van der Waals surface area (Å²) in [6.45, 7) is 0. The van der Waals surface area contributed by atoms with Gasteiger partial charge in [-0.25, -0.2) is 4.39 Å². The van der Waals surface area contributed by atoms with Crippen LogP contribution in [0.25, 0.3) is 71.6 Å². The van der Waals surface area contributed by atoms with Crippen molar-refractivity contribution < 1.29 is 4.39 Å². The Labute approximate surface area is 319 Å². The zero-order valence-corrected chi connectivity index (χ0v) is 30.0. The fourth-order valence-electron chi connectivity index (χ4n) is 7.88. The number of benzene rings is 9. The van der Waals surface area contributed by atoms with Gasteiger partial charge >= 0.3 is 0 Å². The molecule has 0 fully saturated rings. The minimum absolute atomic E-state index is 0.236. The highest BCUT2D eigenvalue weighted by atomic mass is 19.1. The predicted molar refractivity (Wildman–Crippen MR) is 229 cm³/mol. The molecule has 0 N–H and O–H groups in total. The fraction of sp³-hybridized carbons (Fsp3) is 0. The second-order valence-corrected chi connectivity index (χ2v) is 14.0. The van der Waals surface area contributed by atoms with E-state index in [9.17, 15) is 4.39 Å². The van der Waals surface area contributed by atoms with Crippen LogP contribution in [0.2, 0.25) is 0 Å². The van der Waals surface area contributed by atoms with Crippen molar-refractivity contribution >= 4 is 49.6 Å².